The van der Waals surface area contributed by atoms with Gasteiger partial charge < -0.3 is 28.9 Å². The zero-order chi connectivity index (χ0) is 24.5. The molecule has 0 amide bonds. The first-order valence-electron chi connectivity index (χ1n) is 11.1. The van der Waals surface area contributed by atoms with Crippen LogP contribution in [0.15, 0.2) is 17.7 Å². The molecule has 184 valence electrons. The van der Waals surface area contributed by atoms with Gasteiger partial charge in [-0.3, -0.25) is 4.57 Å². The van der Waals surface area contributed by atoms with Gasteiger partial charge in [0.15, 0.2) is 6.23 Å². The Labute approximate surface area is 192 Å². The summed E-state index contributed by atoms with van der Waals surface area (Å²) in [5, 5.41) is 25.0. The Bertz CT molecular complexity index is 1020. The van der Waals surface area contributed by atoms with Crippen molar-refractivity contribution in [1.29, 1.82) is 0 Å². The average molecular weight is 484 g/mol. The molecule has 12 heteroatoms. The molecule has 7 atom stereocenters. The maximum atomic E-state index is 11.5. The molecular weight excluding hydrogens is 451 g/mol. The molecule has 0 bridgehead atoms. The lowest BCUT2D eigenvalue weighted by molar-refractivity contribution is -0.0481. The van der Waals surface area contributed by atoms with E-state index in [9.17, 15) is 24.6 Å². The van der Waals surface area contributed by atoms with Gasteiger partial charge in [0.2, 0.25) is 0 Å². The van der Waals surface area contributed by atoms with Gasteiger partial charge in [0.25, 0.3) is 0 Å². The molecular formula is C21H33N4O7P. The number of ether oxygens (including phenoxy) is 1. The van der Waals surface area contributed by atoms with E-state index >= 15 is 0 Å². The quantitative estimate of drug-likeness (QED) is 0.340. The summed E-state index contributed by atoms with van der Waals surface area (Å²) < 4.78 is 23.7. The van der Waals surface area contributed by atoms with Gasteiger partial charge >= 0.3 is 7.60 Å². The number of hydrogen-bond acceptors (Lipinski definition) is 9. The molecule has 0 radical (unpaired) electrons. The fourth-order valence-corrected chi connectivity index (χ4v) is 4.53. The summed E-state index contributed by atoms with van der Waals surface area (Å²) in [6, 6.07) is -0.696. The van der Waals surface area contributed by atoms with Crippen LogP contribution in [0.5, 0.6) is 0 Å². The van der Waals surface area contributed by atoms with E-state index in [0.717, 1.165) is 25.2 Å². The number of hydrogen-bond donors (Lipinski definition) is 3. The molecule has 2 aromatic rings. The van der Waals surface area contributed by atoms with Gasteiger partial charge in [-0.25, -0.2) is 9.97 Å². The van der Waals surface area contributed by atoms with E-state index in [4.69, 9.17) is 9.26 Å². The van der Waals surface area contributed by atoms with E-state index in [0.29, 0.717) is 22.5 Å². The molecule has 3 N–H and O–H groups in total. The standard InChI is InChI=1S/C21H33N4O7P/c1-11(2)6-7-12(3)17-16-14(13(4)24-28)8-25(20(16)23-10-22-17)21-19(27)18(26)15(32-21)9-31-33(5,29)30/h8,10-13,15,18-19,21,26-27H,6-7,9H2,1-5H3,(H,29,30). The monoisotopic (exact) mass is 484 g/mol. The van der Waals surface area contributed by atoms with Crippen molar-refractivity contribution in [3.8, 4) is 0 Å². The summed E-state index contributed by atoms with van der Waals surface area (Å²) in [5.41, 5.74) is 1.83. The van der Waals surface area contributed by atoms with Crippen LogP contribution in [-0.4, -0.2) is 61.2 Å². The van der Waals surface area contributed by atoms with E-state index in [1.165, 1.54) is 6.33 Å². The highest BCUT2D eigenvalue weighted by Crippen LogP contribution is 2.41. The van der Waals surface area contributed by atoms with Gasteiger partial charge in [-0.05, 0) is 25.2 Å². The summed E-state index contributed by atoms with van der Waals surface area (Å²) in [4.78, 5) is 29.7. The van der Waals surface area contributed by atoms with E-state index < -0.39 is 38.2 Å². The molecule has 33 heavy (non-hydrogen) atoms. The highest BCUT2D eigenvalue weighted by molar-refractivity contribution is 7.51. The van der Waals surface area contributed by atoms with Crippen LogP contribution in [0.4, 0.5) is 0 Å². The lowest BCUT2D eigenvalue weighted by atomic mass is 9.93. The molecule has 1 aliphatic heterocycles. The van der Waals surface area contributed by atoms with Crippen molar-refractivity contribution in [2.45, 2.75) is 77.0 Å². The molecule has 3 rings (SSSR count). The highest BCUT2D eigenvalue weighted by atomic mass is 31.2. The van der Waals surface area contributed by atoms with Crippen LogP contribution in [0.25, 0.3) is 11.0 Å². The van der Waals surface area contributed by atoms with Crippen molar-refractivity contribution in [3.05, 3.63) is 28.7 Å². The number of aromatic nitrogens is 3. The molecule has 2 aromatic heterocycles. The molecule has 0 aromatic carbocycles. The summed E-state index contributed by atoms with van der Waals surface area (Å²) in [6.07, 6.45) is 0.200. The van der Waals surface area contributed by atoms with Crippen molar-refractivity contribution < 1.29 is 28.9 Å². The van der Waals surface area contributed by atoms with Gasteiger partial charge in [-0.2, -0.15) is 4.91 Å². The summed E-state index contributed by atoms with van der Waals surface area (Å²) in [7, 11) is -3.79. The molecule has 3 heterocycles. The maximum absolute atomic E-state index is 11.5. The molecule has 1 saturated heterocycles. The lowest BCUT2D eigenvalue weighted by Crippen LogP contribution is -2.33. The van der Waals surface area contributed by atoms with Crippen molar-refractivity contribution in [2.75, 3.05) is 13.3 Å². The van der Waals surface area contributed by atoms with Crippen LogP contribution >= 0.6 is 7.60 Å². The molecule has 11 nitrogen and oxygen atoms in total. The summed E-state index contributed by atoms with van der Waals surface area (Å²) >= 11 is 0. The zero-order valence-corrected chi connectivity index (χ0v) is 20.4. The third kappa shape index (κ3) is 5.67. The minimum Gasteiger partial charge on any atom is -0.387 e. The number of rotatable bonds is 10. The Hall–Kier alpha value is -1.75. The van der Waals surface area contributed by atoms with Crippen LogP contribution in [0, 0.1) is 10.8 Å². The van der Waals surface area contributed by atoms with Gasteiger partial charge in [-0.15, -0.1) is 0 Å². The second-order valence-corrected chi connectivity index (χ2v) is 11.1. The lowest BCUT2D eigenvalue weighted by Gasteiger charge is -2.18. The molecule has 7 unspecified atom stereocenters. The Balaban J connectivity index is 2.02. The fourth-order valence-electron chi connectivity index (χ4n) is 4.11. The molecule has 0 saturated carbocycles. The van der Waals surface area contributed by atoms with E-state index in [2.05, 4.69) is 35.9 Å². The number of nitrogens with zero attached hydrogens (tertiary/aromatic N) is 4. The molecule has 0 aliphatic carbocycles. The number of nitroso groups, excluding NO2 is 1. The first-order chi connectivity index (χ1) is 15.4. The van der Waals surface area contributed by atoms with Crippen molar-refractivity contribution >= 4 is 18.6 Å². The normalized spacial score (nSPS) is 27.1. The van der Waals surface area contributed by atoms with E-state index in [1.807, 2.05) is 0 Å². The van der Waals surface area contributed by atoms with Gasteiger partial charge in [0.05, 0.1) is 12.3 Å². The van der Waals surface area contributed by atoms with Crippen molar-refractivity contribution in [1.82, 2.24) is 14.5 Å². The predicted molar refractivity (Wildman–Crippen MR) is 122 cm³/mol. The minimum atomic E-state index is -3.79. The fraction of sp³-hybridized carbons (Fsp3) is 0.714. The average Bonchev–Trinajstić information content (AvgIpc) is 3.27. The van der Waals surface area contributed by atoms with Gasteiger partial charge in [-0.1, -0.05) is 32.4 Å². The second kappa shape index (κ2) is 10.2. The molecule has 1 aliphatic rings. The maximum Gasteiger partial charge on any atom is 0.325 e. The summed E-state index contributed by atoms with van der Waals surface area (Å²) in [5.74, 6) is 0.625. The Morgan fingerprint density at radius 1 is 1.21 bits per heavy atom. The smallest absolute Gasteiger partial charge is 0.325 e. The predicted octanol–water partition coefficient (Wildman–Crippen LogP) is 3.25. The Kier molecular flexibility index (Phi) is 8.03. The van der Waals surface area contributed by atoms with Crippen LogP contribution in [-0.2, 0) is 13.8 Å². The van der Waals surface area contributed by atoms with E-state index in [1.54, 1.807) is 17.7 Å². The topological polar surface area (TPSA) is 156 Å². The van der Waals surface area contributed by atoms with Gasteiger partial charge in [0.1, 0.15) is 36.3 Å². The van der Waals surface area contributed by atoms with Crippen LogP contribution in [0.1, 0.15) is 70.0 Å². The van der Waals surface area contributed by atoms with Crippen molar-refractivity contribution in [2.24, 2.45) is 11.1 Å². The summed E-state index contributed by atoms with van der Waals surface area (Å²) in [6.45, 7) is 8.70. The minimum absolute atomic E-state index is 0.0933. The van der Waals surface area contributed by atoms with Crippen molar-refractivity contribution in [3.63, 3.8) is 0 Å². The number of fused-ring (bicyclic) bond motifs is 1. The number of aliphatic hydroxyl groups is 2. The second-order valence-electron chi connectivity index (χ2n) is 9.25. The first kappa shape index (κ1) is 25.9. The van der Waals surface area contributed by atoms with Crippen LogP contribution in [0.3, 0.4) is 0 Å². The molecule has 1 fully saturated rings. The Morgan fingerprint density at radius 3 is 2.52 bits per heavy atom. The van der Waals surface area contributed by atoms with Gasteiger partial charge in [0, 0.05) is 23.8 Å². The largest absolute Gasteiger partial charge is 0.387 e. The Morgan fingerprint density at radius 2 is 1.91 bits per heavy atom. The SMILES string of the molecule is CC(C)CCC(C)c1ncnc2c1c(C(C)N=O)cn2C1OC(COP(C)(=O)O)C(O)C1O. The van der Waals surface area contributed by atoms with E-state index in [-0.39, 0.29) is 12.5 Å². The number of aliphatic hydroxyl groups excluding tert-OH is 2. The third-order valence-corrected chi connectivity index (χ3v) is 6.64. The zero-order valence-electron chi connectivity index (χ0n) is 19.5. The third-order valence-electron chi connectivity index (χ3n) is 6.01. The first-order valence-corrected chi connectivity index (χ1v) is 13.1. The highest BCUT2D eigenvalue weighted by Gasteiger charge is 2.45. The van der Waals surface area contributed by atoms with Crippen LogP contribution in [0.2, 0.25) is 0 Å². The van der Waals surface area contributed by atoms with Crippen LogP contribution < -0.4 is 0 Å². The molecule has 0 spiro atoms.